The van der Waals surface area contributed by atoms with Crippen LogP contribution in [0.5, 0.6) is 0 Å². The van der Waals surface area contributed by atoms with Crippen LogP contribution >= 0.6 is 46.0 Å². The van der Waals surface area contributed by atoms with Crippen molar-refractivity contribution in [3.8, 4) is 0 Å². The Balaban J connectivity index is 0.00000259. The summed E-state index contributed by atoms with van der Waals surface area (Å²) in [6.45, 7) is 3.44. The summed E-state index contributed by atoms with van der Waals surface area (Å²) < 4.78 is 5.80. The number of aromatic nitrogens is 2. The van der Waals surface area contributed by atoms with Gasteiger partial charge in [0.25, 0.3) is 10.6 Å². The first-order chi connectivity index (χ1) is 15.6. The summed E-state index contributed by atoms with van der Waals surface area (Å²) in [5.74, 6) is 0. The summed E-state index contributed by atoms with van der Waals surface area (Å²) in [7, 11) is 2.00. The van der Waals surface area contributed by atoms with E-state index in [-0.39, 0.29) is 18.0 Å². The van der Waals surface area contributed by atoms with Crippen LogP contribution in [0.25, 0.3) is 11.1 Å². The minimum absolute atomic E-state index is 0. The normalized spacial score (nSPS) is 15.0. The van der Waals surface area contributed by atoms with Crippen molar-refractivity contribution in [3.63, 3.8) is 0 Å². The molecule has 33 heavy (non-hydrogen) atoms. The van der Waals surface area contributed by atoms with Gasteiger partial charge in [-0.1, -0.05) is 71.1 Å². The van der Waals surface area contributed by atoms with Crippen molar-refractivity contribution in [3.05, 3.63) is 95.3 Å². The van der Waals surface area contributed by atoms with Gasteiger partial charge in [-0.25, -0.2) is 0 Å². The monoisotopic (exact) mass is 533 g/mol. The maximum atomic E-state index is 13.3. The molecule has 0 fully saturated rings. The van der Waals surface area contributed by atoms with Crippen LogP contribution in [-0.4, -0.2) is 11.6 Å². The molecule has 170 valence electrons. The zero-order valence-electron chi connectivity index (χ0n) is 18.0. The number of rotatable bonds is 4. The smallest absolute Gasteiger partial charge is 0.271 e. The first-order valence-corrected chi connectivity index (χ1v) is 13.1. The SMILES string of the molecule is CCn1c(=O)/c(=C2\Sc3c(Cl)cccc3N2C)s/c1=C\c1scc[n+]1Cc1ccccc1.[Cl-]. The summed E-state index contributed by atoms with van der Waals surface area (Å²) in [6.07, 6.45) is 4.23. The molecular weight excluding hydrogens is 513 g/mol. The second-order valence-electron chi connectivity index (χ2n) is 7.37. The number of nitrogens with zero attached hydrogens (tertiary/aromatic N) is 3. The molecule has 3 heterocycles. The van der Waals surface area contributed by atoms with Crippen LogP contribution in [0.1, 0.15) is 17.5 Å². The van der Waals surface area contributed by atoms with E-state index in [2.05, 4.69) is 51.4 Å². The minimum atomic E-state index is 0. The largest absolute Gasteiger partial charge is 1.00 e. The summed E-state index contributed by atoms with van der Waals surface area (Å²) in [4.78, 5) is 16.4. The lowest BCUT2D eigenvalue weighted by atomic mass is 10.2. The van der Waals surface area contributed by atoms with E-state index < -0.39 is 0 Å². The molecule has 0 bridgehead atoms. The first-order valence-electron chi connectivity index (χ1n) is 10.2. The fourth-order valence-electron chi connectivity index (χ4n) is 3.75. The number of benzene rings is 2. The highest BCUT2D eigenvalue weighted by Crippen LogP contribution is 2.48. The van der Waals surface area contributed by atoms with Crippen LogP contribution in [0.15, 0.2) is 69.8 Å². The van der Waals surface area contributed by atoms with E-state index in [1.807, 2.05) is 42.8 Å². The Kier molecular flexibility index (Phi) is 7.36. The molecule has 9 heteroatoms. The molecule has 4 aromatic rings. The van der Waals surface area contributed by atoms with Gasteiger partial charge in [-0.15, -0.1) is 11.3 Å². The number of thioether (sulfide) groups is 1. The number of hydrogen-bond acceptors (Lipinski definition) is 5. The molecule has 0 unspecified atom stereocenters. The van der Waals surface area contributed by atoms with Gasteiger partial charge in [0, 0.05) is 19.2 Å². The van der Waals surface area contributed by atoms with E-state index in [4.69, 9.17) is 11.6 Å². The van der Waals surface area contributed by atoms with E-state index in [0.29, 0.717) is 11.6 Å². The third-order valence-corrected chi connectivity index (χ3v) is 9.22. The van der Waals surface area contributed by atoms with Gasteiger partial charge in [-0.2, -0.15) is 4.57 Å². The van der Waals surface area contributed by atoms with Gasteiger partial charge in [0.15, 0.2) is 12.7 Å². The van der Waals surface area contributed by atoms with Gasteiger partial charge < -0.3 is 17.3 Å². The lowest BCUT2D eigenvalue weighted by Crippen LogP contribution is -3.00. The van der Waals surface area contributed by atoms with Crippen LogP contribution in [0.4, 0.5) is 5.69 Å². The van der Waals surface area contributed by atoms with Gasteiger partial charge in [-0.05, 0) is 19.1 Å². The molecular formula is C24H21Cl2N3OS3. The Bertz CT molecular complexity index is 1470. The molecule has 1 aliphatic heterocycles. The maximum Gasteiger partial charge on any atom is 0.271 e. The van der Waals surface area contributed by atoms with E-state index >= 15 is 0 Å². The highest BCUT2D eigenvalue weighted by Gasteiger charge is 2.26. The van der Waals surface area contributed by atoms with Crippen molar-refractivity contribution in [1.82, 2.24) is 4.57 Å². The fourth-order valence-corrected chi connectivity index (χ4v) is 7.36. The third kappa shape index (κ3) is 4.53. The second-order valence-corrected chi connectivity index (χ2v) is 10.7. The number of halogens is 2. The predicted octanol–water partition coefficient (Wildman–Crippen LogP) is 1.12. The average molecular weight is 535 g/mol. The van der Waals surface area contributed by atoms with Gasteiger partial charge in [0.1, 0.15) is 14.2 Å². The van der Waals surface area contributed by atoms with E-state index in [0.717, 1.165) is 36.4 Å². The zero-order chi connectivity index (χ0) is 22.2. The van der Waals surface area contributed by atoms with Gasteiger partial charge in [0.2, 0.25) is 0 Å². The molecule has 0 spiro atoms. The maximum absolute atomic E-state index is 13.3. The zero-order valence-corrected chi connectivity index (χ0v) is 22.0. The van der Waals surface area contributed by atoms with Crippen molar-refractivity contribution < 1.29 is 17.0 Å². The topological polar surface area (TPSA) is 29.1 Å². The van der Waals surface area contributed by atoms with E-state index in [9.17, 15) is 4.79 Å². The predicted molar refractivity (Wildman–Crippen MR) is 136 cm³/mol. The molecule has 1 aliphatic rings. The van der Waals surface area contributed by atoms with Crippen LogP contribution in [0.3, 0.4) is 0 Å². The van der Waals surface area contributed by atoms with Crippen LogP contribution in [-0.2, 0) is 13.1 Å². The third-order valence-electron chi connectivity index (χ3n) is 5.39. The second kappa shape index (κ2) is 10.1. The van der Waals surface area contributed by atoms with Gasteiger partial charge >= 0.3 is 0 Å². The Morgan fingerprint density at radius 3 is 2.64 bits per heavy atom. The van der Waals surface area contributed by atoms with Crippen LogP contribution in [0.2, 0.25) is 5.02 Å². The van der Waals surface area contributed by atoms with Crippen molar-refractivity contribution in [2.75, 3.05) is 11.9 Å². The quantitative estimate of drug-likeness (QED) is 0.368. The lowest BCUT2D eigenvalue weighted by Gasteiger charge is -2.12. The minimum Gasteiger partial charge on any atom is -1.00 e. The lowest BCUT2D eigenvalue weighted by molar-refractivity contribution is -0.685. The molecule has 0 N–H and O–H groups in total. The van der Waals surface area contributed by atoms with Crippen molar-refractivity contribution in [1.29, 1.82) is 0 Å². The highest BCUT2D eigenvalue weighted by atomic mass is 35.5. The Morgan fingerprint density at radius 1 is 1.12 bits per heavy atom. The molecule has 0 amide bonds. The van der Waals surface area contributed by atoms with Crippen molar-refractivity contribution in [2.24, 2.45) is 0 Å². The Labute approximate surface area is 215 Å². The summed E-state index contributed by atoms with van der Waals surface area (Å²) in [5, 5.41) is 4.86. The van der Waals surface area contributed by atoms with Crippen molar-refractivity contribution >= 4 is 62.8 Å². The number of hydrogen-bond donors (Lipinski definition) is 0. The average Bonchev–Trinajstić information content (AvgIpc) is 3.46. The van der Waals surface area contributed by atoms with Crippen LogP contribution in [0, 0.1) is 0 Å². The molecule has 2 aromatic carbocycles. The molecule has 0 atom stereocenters. The summed E-state index contributed by atoms with van der Waals surface area (Å²) in [6, 6.07) is 16.3. The Hall–Kier alpha value is -2.03. The van der Waals surface area contributed by atoms with Crippen molar-refractivity contribution in [2.45, 2.75) is 24.9 Å². The van der Waals surface area contributed by atoms with Gasteiger partial charge in [0.05, 0.1) is 27.1 Å². The fraction of sp³-hybridized carbons (Fsp3) is 0.167. The molecule has 0 saturated carbocycles. The van der Waals surface area contributed by atoms with Crippen LogP contribution < -0.4 is 36.6 Å². The van der Waals surface area contributed by atoms with E-state index in [1.54, 1.807) is 34.4 Å². The van der Waals surface area contributed by atoms with Gasteiger partial charge in [-0.3, -0.25) is 9.36 Å². The molecule has 2 aromatic heterocycles. The van der Waals surface area contributed by atoms with E-state index in [1.165, 1.54) is 5.56 Å². The molecule has 5 rings (SSSR count). The molecule has 0 radical (unpaired) electrons. The number of anilines is 1. The molecule has 0 saturated heterocycles. The Morgan fingerprint density at radius 2 is 1.91 bits per heavy atom. The molecule has 4 nitrogen and oxygen atoms in total. The highest BCUT2D eigenvalue weighted by molar-refractivity contribution is 8.08. The standard InChI is InChI=1S/C24H21ClN3OS3.ClH/c1-3-28-20(14-19-27(12-13-30-19)15-16-8-5-4-6-9-16)31-22(23(28)29)24-26(2)18-11-7-10-17(25)21(18)32-24;/h4-14H,3,15H2,1-2H3;1H/q+1;/p-1/b24-22+;. The first kappa shape index (κ1) is 24.1. The number of fused-ring (bicyclic) bond motifs is 1. The molecule has 0 aliphatic carbocycles. The summed E-state index contributed by atoms with van der Waals surface area (Å²) in [5.41, 5.74) is 2.34. The number of thiazole rings is 2. The summed E-state index contributed by atoms with van der Waals surface area (Å²) >= 11 is 11.2.